The molecular weight excluding hydrogens is 280 g/mol. The minimum absolute atomic E-state index is 0.0138. The Bertz CT molecular complexity index is 654. The van der Waals surface area contributed by atoms with Gasteiger partial charge >= 0.3 is 0 Å². The lowest BCUT2D eigenvalue weighted by atomic mass is 10.2. The molecule has 6 heteroatoms. The molecule has 1 aromatic heterocycles. The van der Waals surface area contributed by atoms with Crippen molar-refractivity contribution in [2.24, 2.45) is 0 Å². The van der Waals surface area contributed by atoms with Gasteiger partial charge in [0, 0.05) is 26.2 Å². The van der Waals surface area contributed by atoms with E-state index in [-0.39, 0.29) is 6.61 Å². The van der Waals surface area contributed by atoms with E-state index < -0.39 is 0 Å². The van der Waals surface area contributed by atoms with E-state index in [1.165, 1.54) is 0 Å². The van der Waals surface area contributed by atoms with Crippen LogP contribution < -0.4 is 15.0 Å². The summed E-state index contributed by atoms with van der Waals surface area (Å²) in [7, 11) is 0. The summed E-state index contributed by atoms with van der Waals surface area (Å²) in [5.74, 6) is 1.29. The Morgan fingerprint density at radius 3 is 2.82 bits per heavy atom. The van der Waals surface area contributed by atoms with Crippen LogP contribution in [0.1, 0.15) is 0 Å². The van der Waals surface area contributed by atoms with E-state index in [1.807, 2.05) is 24.3 Å². The minimum Gasteiger partial charge on any atom is -0.473 e. The highest BCUT2D eigenvalue weighted by molar-refractivity contribution is 5.84. The average molecular weight is 300 g/mol. The Balaban J connectivity index is 1.91. The summed E-state index contributed by atoms with van der Waals surface area (Å²) in [6.45, 7) is 4.05. The van der Waals surface area contributed by atoms with Crippen LogP contribution in [0.4, 0.5) is 5.95 Å². The highest BCUT2D eigenvalue weighted by Gasteiger charge is 2.16. The second-order valence-electron chi connectivity index (χ2n) is 5.05. The van der Waals surface area contributed by atoms with Gasteiger partial charge in [0.25, 0.3) is 0 Å². The maximum Gasteiger partial charge on any atom is 0.229 e. The van der Waals surface area contributed by atoms with Gasteiger partial charge in [-0.3, -0.25) is 0 Å². The summed E-state index contributed by atoms with van der Waals surface area (Å²) in [5.41, 5.74) is 0.882. The number of para-hydroxylation sites is 1. The molecule has 2 heterocycles. The molecule has 116 valence electrons. The summed E-state index contributed by atoms with van der Waals surface area (Å²) in [4.78, 5) is 11.4. The van der Waals surface area contributed by atoms with Gasteiger partial charge < -0.3 is 20.1 Å². The molecule has 0 aliphatic carbocycles. The fourth-order valence-electron chi connectivity index (χ4n) is 2.42. The number of benzene rings is 1. The number of rotatable bonds is 5. The molecule has 1 aromatic carbocycles. The SMILES string of the molecule is OCC=CCOc1nc(N2CCNCC2)nc2ccccc12. The molecule has 2 N–H and O–H groups in total. The van der Waals surface area contributed by atoms with E-state index in [9.17, 15) is 0 Å². The number of ether oxygens (including phenoxy) is 1. The zero-order valence-corrected chi connectivity index (χ0v) is 12.4. The van der Waals surface area contributed by atoms with Crippen molar-refractivity contribution in [2.75, 3.05) is 44.3 Å². The van der Waals surface area contributed by atoms with Crippen molar-refractivity contribution in [1.29, 1.82) is 0 Å². The maximum absolute atomic E-state index is 8.77. The van der Waals surface area contributed by atoms with Gasteiger partial charge in [0.05, 0.1) is 17.5 Å². The van der Waals surface area contributed by atoms with Crippen LogP contribution in [0.15, 0.2) is 36.4 Å². The smallest absolute Gasteiger partial charge is 0.229 e. The van der Waals surface area contributed by atoms with E-state index in [2.05, 4.69) is 20.2 Å². The molecule has 1 aliphatic heterocycles. The molecule has 1 saturated heterocycles. The van der Waals surface area contributed by atoms with Crippen molar-refractivity contribution in [3.05, 3.63) is 36.4 Å². The monoisotopic (exact) mass is 300 g/mol. The lowest BCUT2D eigenvalue weighted by Crippen LogP contribution is -2.44. The summed E-state index contributed by atoms with van der Waals surface area (Å²) < 4.78 is 5.76. The fraction of sp³-hybridized carbons (Fsp3) is 0.375. The van der Waals surface area contributed by atoms with E-state index in [4.69, 9.17) is 9.84 Å². The molecule has 0 spiro atoms. The molecule has 22 heavy (non-hydrogen) atoms. The second kappa shape index (κ2) is 7.20. The van der Waals surface area contributed by atoms with Crippen molar-refractivity contribution in [3.63, 3.8) is 0 Å². The molecule has 2 aromatic rings. The Morgan fingerprint density at radius 1 is 1.18 bits per heavy atom. The third kappa shape index (κ3) is 3.35. The maximum atomic E-state index is 8.77. The van der Waals surface area contributed by atoms with Gasteiger partial charge in [-0.2, -0.15) is 4.98 Å². The van der Waals surface area contributed by atoms with Gasteiger partial charge in [-0.15, -0.1) is 0 Å². The molecule has 0 amide bonds. The number of hydrogen-bond acceptors (Lipinski definition) is 6. The molecule has 6 nitrogen and oxygen atoms in total. The Labute approximate surface area is 129 Å². The zero-order chi connectivity index (χ0) is 15.2. The third-order valence-corrected chi connectivity index (χ3v) is 3.54. The Morgan fingerprint density at radius 2 is 2.00 bits per heavy atom. The number of piperazine rings is 1. The quantitative estimate of drug-likeness (QED) is 0.802. The molecular formula is C16H20N4O2. The summed E-state index contributed by atoms with van der Waals surface area (Å²) in [5, 5.41) is 13.0. The van der Waals surface area contributed by atoms with Crippen LogP contribution in [-0.4, -0.2) is 54.5 Å². The number of aliphatic hydroxyl groups is 1. The predicted octanol–water partition coefficient (Wildman–Crippen LogP) is 0.967. The van der Waals surface area contributed by atoms with E-state index in [0.717, 1.165) is 37.1 Å². The first kappa shape index (κ1) is 14.7. The van der Waals surface area contributed by atoms with Crippen LogP contribution >= 0.6 is 0 Å². The Kier molecular flexibility index (Phi) is 4.82. The van der Waals surface area contributed by atoms with Crippen LogP contribution in [0.5, 0.6) is 5.88 Å². The molecule has 0 saturated carbocycles. The number of nitrogens with zero attached hydrogens (tertiary/aromatic N) is 3. The highest BCUT2D eigenvalue weighted by atomic mass is 16.5. The number of nitrogens with one attached hydrogen (secondary N) is 1. The molecule has 0 bridgehead atoms. The van der Waals surface area contributed by atoms with Crippen LogP contribution in [0, 0.1) is 0 Å². The standard InChI is InChI=1S/C16H20N4O2/c21-11-3-4-12-22-15-13-5-1-2-6-14(13)18-16(19-15)20-9-7-17-8-10-20/h1-6,17,21H,7-12H2. The Hall–Kier alpha value is -2.18. The van der Waals surface area contributed by atoms with Crippen molar-refractivity contribution in [1.82, 2.24) is 15.3 Å². The number of aliphatic hydroxyl groups excluding tert-OH is 1. The first-order chi connectivity index (χ1) is 10.9. The van der Waals surface area contributed by atoms with Crippen molar-refractivity contribution < 1.29 is 9.84 Å². The van der Waals surface area contributed by atoms with Gasteiger partial charge in [-0.25, -0.2) is 4.98 Å². The number of hydrogen-bond donors (Lipinski definition) is 2. The number of anilines is 1. The lowest BCUT2D eigenvalue weighted by Gasteiger charge is -2.27. The number of aromatic nitrogens is 2. The molecule has 1 aliphatic rings. The van der Waals surface area contributed by atoms with Crippen molar-refractivity contribution in [2.45, 2.75) is 0 Å². The van der Waals surface area contributed by atoms with Gasteiger partial charge in [-0.1, -0.05) is 18.2 Å². The third-order valence-electron chi connectivity index (χ3n) is 3.54. The predicted molar refractivity (Wildman–Crippen MR) is 86.3 cm³/mol. The topological polar surface area (TPSA) is 70.5 Å². The largest absolute Gasteiger partial charge is 0.473 e. The van der Waals surface area contributed by atoms with E-state index in [0.29, 0.717) is 18.4 Å². The van der Waals surface area contributed by atoms with Crippen molar-refractivity contribution >= 4 is 16.9 Å². The summed E-state index contributed by atoms with van der Waals surface area (Å²) in [6.07, 6.45) is 3.43. The van der Waals surface area contributed by atoms with Gasteiger partial charge in [0.1, 0.15) is 6.61 Å². The average Bonchev–Trinajstić information content (AvgIpc) is 2.59. The fourth-order valence-corrected chi connectivity index (χ4v) is 2.42. The van der Waals surface area contributed by atoms with Crippen molar-refractivity contribution in [3.8, 4) is 5.88 Å². The van der Waals surface area contributed by atoms with E-state index in [1.54, 1.807) is 12.2 Å². The highest BCUT2D eigenvalue weighted by Crippen LogP contribution is 2.25. The molecule has 3 rings (SSSR count). The second-order valence-corrected chi connectivity index (χ2v) is 5.05. The number of fused-ring (bicyclic) bond motifs is 1. The first-order valence-electron chi connectivity index (χ1n) is 7.49. The van der Waals surface area contributed by atoms with Crippen LogP contribution in [0.25, 0.3) is 10.9 Å². The minimum atomic E-state index is 0.0138. The van der Waals surface area contributed by atoms with Gasteiger partial charge in [-0.05, 0) is 18.2 Å². The van der Waals surface area contributed by atoms with Crippen LogP contribution in [0.2, 0.25) is 0 Å². The molecule has 1 fully saturated rings. The van der Waals surface area contributed by atoms with Gasteiger partial charge in [0.2, 0.25) is 11.8 Å². The van der Waals surface area contributed by atoms with Crippen LogP contribution in [-0.2, 0) is 0 Å². The first-order valence-corrected chi connectivity index (χ1v) is 7.49. The molecule has 0 radical (unpaired) electrons. The lowest BCUT2D eigenvalue weighted by molar-refractivity contribution is 0.334. The summed E-state index contributed by atoms with van der Waals surface area (Å²) in [6, 6.07) is 7.85. The summed E-state index contributed by atoms with van der Waals surface area (Å²) >= 11 is 0. The zero-order valence-electron chi connectivity index (χ0n) is 12.4. The molecule has 0 atom stereocenters. The normalized spacial score (nSPS) is 15.6. The van der Waals surface area contributed by atoms with Gasteiger partial charge in [0.15, 0.2) is 0 Å². The molecule has 0 unspecified atom stereocenters. The van der Waals surface area contributed by atoms with E-state index >= 15 is 0 Å². The van der Waals surface area contributed by atoms with Crippen LogP contribution in [0.3, 0.4) is 0 Å².